The van der Waals surface area contributed by atoms with Gasteiger partial charge in [0.15, 0.2) is 6.29 Å². The average Bonchev–Trinajstić information content (AvgIpc) is 3.14. The number of aryl methyl sites for hydroxylation is 1. The van der Waals surface area contributed by atoms with Gasteiger partial charge in [-0.1, -0.05) is 18.2 Å². The van der Waals surface area contributed by atoms with Crippen LogP contribution in [0, 0.1) is 12.3 Å². The summed E-state index contributed by atoms with van der Waals surface area (Å²) in [4.78, 5) is 16.0. The number of carbonyl (C=O) groups excluding carboxylic acids is 1. The molecule has 0 atom stereocenters. The van der Waals surface area contributed by atoms with Crippen LogP contribution < -0.4 is 5.73 Å². The molecule has 0 radical (unpaired) electrons. The Morgan fingerprint density at radius 2 is 2.00 bits per heavy atom. The molecule has 3 rings (SSSR count). The van der Waals surface area contributed by atoms with Gasteiger partial charge in [-0.25, -0.2) is 13.4 Å². The van der Waals surface area contributed by atoms with Gasteiger partial charge in [0.05, 0.1) is 24.6 Å². The van der Waals surface area contributed by atoms with Crippen LogP contribution in [-0.2, 0) is 9.84 Å². The molecule has 28 heavy (non-hydrogen) atoms. The number of carbonyl (C=O) groups is 1. The number of nitrogens with two attached hydrogens (primary N) is 1. The number of thiophene rings is 1. The van der Waals surface area contributed by atoms with Crippen LogP contribution in [-0.4, -0.2) is 31.8 Å². The van der Waals surface area contributed by atoms with E-state index in [1.807, 2.05) is 6.92 Å². The van der Waals surface area contributed by atoms with Gasteiger partial charge in [0.1, 0.15) is 11.5 Å². The predicted molar refractivity (Wildman–Crippen MR) is 112 cm³/mol. The molecule has 0 spiro atoms. The van der Waals surface area contributed by atoms with Crippen molar-refractivity contribution < 1.29 is 13.2 Å². The Bertz CT molecular complexity index is 1180. The highest BCUT2D eigenvalue weighted by atomic mass is 32.2. The van der Waals surface area contributed by atoms with Crippen molar-refractivity contribution >= 4 is 45.1 Å². The van der Waals surface area contributed by atoms with E-state index in [0.29, 0.717) is 26.6 Å². The van der Waals surface area contributed by atoms with E-state index in [4.69, 9.17) is 11.1 Å². The summed E-state index contributed by atoms with van der Waals surface area (Å²) in [5, 5.41) is 7.59. The molecule has 2 heterocycles. The van der Waals surface area contributed by atoms with Gasteiger partial charge in [-0.3, -0.25) is 10.2 Å². The molecule has 9 heteroatoms. The van der Waals surface area contributed by atoms with Crippen molar-refractivity contribution in [1.82, 2.24) is 4.98 Å². The van der Waals surface area contributed by atoms with E-state index in [1.165, 1.54) is 35.2 Å². The third-order valence-corrected chi connectivity index (χ3v) is 8.40. The molecule has 0 unspecified atom stereocenters. The number of aromatic nitrogens is 1. The summed E-state index contributed by atoms with van der Waals surface area (Å²) in [7, 11) is -3.81. The molecule has 2 aromatic heterocycles. The lowest BCUT2D eigenvalue weighted by atomic mass is 10.1. The number of nitrogens with zero attached hydrogens (tertiary/aromatic N) is 1. The molecule has 3 aromatic rings. The van der Waals surface area contributed by atoms with Crippen LogP contribution >= 0.6 is 23.1 Å². The third kappa shape index (κ3) is 3.73. The number of nitrogen functional groups attached to an aromatic ring is 1. The lowest BCUT2D eigenvalue weighted by Gasteiger charge is -2.09. The molecule has 0 amide bonds. The fourth-order valence-corrected chi connectivity index (χ4v) is 6.56. The van der Waals surface area contributed by atoms with E-state index in [1.54, 1.807) is 36.6 Å². The fourth-order valence-electron chi connectivity index (χ4n) is 2.66. The minimum absolute atomic E-state index is 0.117. The first-order valence-corrected chi connectivity index (χ1v) is 11.6. The van der Waals surface area contributed by atoms with Crippen LogP contribution in [0.15, 0.2) is 56.5 Å². The number of pyridine rings is 1. The highest BCUT2D eigenvalue weighted by molar-refractivity contribution is 8.01. The third-order valence-electron chi connectivity index (χ3n) is 4.06. The Morgan fingerprint density at radius 1 is 1.25 bits per heavy atom. The first-order chi connectivity index (χ1) is 13.3. The van der Waals surface area contributed by atoms with Crippen LogP contribution in [0.2, 0.25) is 0 Å². The fraction of sp³-hybridized carbons (Fsp3) is 0.105. The summed E-state index contributed by atoms with van der Waals surface area (Å²) in [5.74, 6) is -0.166. The van der Waals surface area contributed by atoms with Crippen molar-refractivity contribution in [2.75, 3.05) is 6.26 Å². The number of benzene rings is 1. The zero-order valence-corrected chi connectivity index (χ0v) is 17.5. The monoisotopic (exact) mass is 431 g/mol. The molecule has 0 fully saturated rings. The zero-order valence-electron chi connectivity index (χ0n) is 15.1. The van der Waals surface area contributed by atoms with E-state index in [-0.39, 0.29) is 21.3 Å². The van der Waals surface area contributed by atoms with E-state index >= 15 is 0 Å². The van der Waals surface area contributed by atoms with Crippen molar-refractivity contribution in [3.63, 3.8) is 0 Å². The highest BCUT2D eigenvalue weighted by Gasteiger charge is 2.25. The van der Waals surface area contributed by atoms with Gasteiger partial charge < -0.3 is 5.73 Å². The van der Waals surface area contributed by atoms with Crippen LogP contribution in [0.25, 0.3) is 11.3 Å². The average molecular weight is 432 g/mol. The summed E-state index contributed by atoms with van der Waals surface area (Å²) in [6.07, 6.45) is 2.44. The normalized spacial score (nSPS) is 11.4. The minimum Gasteiger partial charge on any atom is -0.383 e. The molecular formula is C19H17N3O3S3. The van der Waals surface area contributed by atoms with Crippen LogP contribution in [0.5, 0.6) is 0 Å². The summed E-state index contributed by atoms with van der Waals surface area (Å²) in [6, 6.07) is 11.3. The van der Waals surface area contributed by atoms with E-state index in [0.717, 1.165) is 5.56 Å². The Morgan fingerprint density at radius 3 is 2.64 bits per heavy atom. The van der Waals surface area contributed by atoms with E-state index in [2.05, 4.69) is 4.98 Å². The van der Waals surface area contributed by atoms with Crippen molar-refractivity contribution in [2.45, 2.75) is 20.9 Å². The maximum absolute atomic E-state index is 13.2. The summed E-state index contributed by atoms with van der Waals surface area (Å²) in [5.41, 5.74) is 7.81. The second kappa shape index (κ2) is 7.86. The summed E-state index contributed by atoms with van der Waals surface area (Å²) >= 11 is 2.48. The number of sulfone groups is 1. The number of rotatable bonds is 6. The van der Waals surface area contributed by atoms with Crippen molar-refractivity contribution in [2.24, 2.45) is 5.73 Å². The Hall–Kier alpha value is -2.49. The molecule has 0 aliphatic carbocycles. The summed E-state index contributed by atoms with van der Waals surface area (Å²) < 4.78 is 27.1. The second-order valence-electron chi connectivity index (χ2n) is 5.93. The Balaban J connectivity index is 2.14. The lowest BCUT2D eigenvalue weighted by Crippen LogP contribution is -2.08. The van der Waals surface area contributed by atoms with E-state index in [9.17, 15) is 13.2 Å². The van der Waals surface area contributed by atoms with Crippen LogP contribution in [0.4, 0.5) is 0 Å². The molecule has 1 aromatic carbocycles. The molecule has 0 aliphatic rings. The maximum atomic E-state index is 13.2. The first kappa shape index (κ1) is 20.2. The van der Waals surface area contributed by atoms with E-state index < -0.39 is 9.84 Å². The van der Waals surface area contributed by atoms with Gasteiger partial charge in [0, 0.05) is 5.56 Å². The number of aldehydes is 1. The smallest absolute Gasteiger partial charge is 0.208 e. The molecule has 6 nitrogen and oxygen atoms in total. The quantitative estimate of drug-likeness (QED) is 0.266. The maximum Gasteiger partial charge on any atom is 0.208 e. The standard InChI is InChI=1S/C19H17N3O3S3/c1-11-6-7-13(10-23)22-17(11)12-4-3-5-14(8-12)28(24,25)16-9-15(18(20)21)27-19(16)26-2/h3-10H,1-2H3,(H3,20,21). The summed E-state index contributed by atoms with van der Waals surface area (Å²) in [6.45, 7) is 1.85. The van der Waals surface area contributed by atoms with Gasteiger partial charge in [-0.15, -0.1) is 23.1 Å². The SMILES string of the molecule is CSc1sc(C(=N)N)cc1S(=O)(=O)c1cccc(-c2nc(C=O)ccc2C)c1. The zero-order chi connectivity index (χ0) is 20.5. The number of hydrogen-bond acceptors (Lipinski definition) is 7. The lowest BCUT2D eigenvalue weighted by molar-refractivity contribution is 0.111. The number of nitrogens with one attached hydrogen (secondary N) is 1. The van der Waals surface area contributed by atoms with Crippen molar-refractivity contribution in [3.8, 4) is 11.3 Å². The van der Waals surface area contributed by atoms with Gasteiger partial charge in [-0.2, -0.15) is 0 Å². The number of amidine groups is 1. The second-order valence-corrected chi connectivity index (χ2v) is 9.98. The van der Waals surface area contributed by atoms with Crippen LogP contribution in [0.1, 0.15) is 20.9 Å². The Labute approximate surface area is 171 Å². The molecule has 144 valence electrons. The van der Waals surface area contributed by atoms with Crippen LogP contribution in [0.3, 0.4) is 0 Å². The number of thioether (sulfide) groups is 1. The van der Waals surface area contributed by atoms with Crippen molar-refractivity contribution in [3.05, 3.63) is 58.6 Å². The predicted octanol–water partition coefficient (Wildman–Crippen LogP) is 3.77. The van der Waals surface area contributed by atoms with Gasteiger partial charge in [0.25, 0.3) is 0 Å². The molecule has 0 bridgehead atoms. The Kier molecular flexibility index (Phi) is 5.69. The minimum atomic E-state index is -3.81. The highest BCUT2D eigenvalue weighted by Crippen LogP contribution is 2.37. The molecular weight excluding hydrogens is 414 g/mol. The van der Waals surface area contributed by atoms with Gasteiger partial charge in [0.2, 0.25) is 9.84 Å². The topological polar surface area (TPSA) is 114 Å². The number of hydrogen-bond donors (Lipinski definition) is 2. The van der Waals surface area contributed by atoms with Gasteiger partial charge in [-0.05, 0) is 43.0 Å². The largest absolute Gasteiger partial charge is 0.383 e. The molecule has 0 aliphatic heterocycles. The van der Waals surface area contributed by atoms with Gasteiger partial charge >= 0.3 is 0 Å². The molecule has 0 saturated heterocycles. The molecule has 3 N–H and O–H groups in total. The molecule has 0 saturated carbocycles. The first-order valence-electron chi connectivity index (χ1n) is 8.08. The van der Waals surface area contributed by atoms with Crippen molar-refractivity contribution in [1.29, 1.82) is 5.41 Å².